The quantitative estimate of drug-likeness (QED) is 0.360. The van der Waals surface area contributed by atoms with E-state index >= 15 is 0 Å². The largest absolute Gasteiger partial charge is 0.485 e. The number of benzene rings is 1. The molecule has 3 N–H and O–H groups in total. The SMILES string of the molecule is Cc1ccc(OC/C(N)=N/O)c(C)c1.Cl. The van der Waals surface area contributed by atoms with Gasteiger partial charge in [-0.1, -0.05) is 22.9 Å². The van der Waals surface area contributed by atoms with Crippen molar-refractivity contribution < 1.29 is 9.94 Å². The zero-order chi connectivity index (χ0) is 10.6. The van der Waals surface area contributed by atoms with E-state index in [0.717, 1.165) is 11.3 Å². The summed E-state index contributed by atoms with van der Waals surface area (Å²) in [6, 6.07) is 5.84. The second kappa shape index (κ2) is 6.14. The number of amidine groups is 1. The summed E-state index contributed by atoms with van der Waals surface area (Å²) in [6.45, 7) is 4.06. The Kier molecular flexibility index (Phi) is 5.56. The first kappa shape index (κ1) is 13.6. The molecule has 0 heterocycles. The maximum Gasteiger partial charge on any atom is 0.177 e. The fourth-order valence-corrected chi connectivity index (χ4v) is 1.14. The lowest BCUT2D eigenvalue weighted by atomic mass is 10.1. The van der Waals surface area contributed by atoms with Crippen LogP contribution in [0.5, 0.6) is 5.75 Å². The minimum Gasteiger partial charge on any atom is -0.485 e. The number of nitrogens with zero attached hydrogens (tertiary/aromatic N) is 1. The molecular formula is C10H15ClN2O2. The van der Waals surface area contributed by atoms with E-state index in [1.165, 1.54) is 5.56 Å². The van der Waals surface area contributed by atoms with Crippen LogP contribution in [0, 0.1) is 13.8 Å². The van der Waals surface area contributed by atoms with Gasteiger partial charge in [-0.15, -0.1) is 12.4 Å². The molecule has 4 nitrogen and oxygen atoms in total. The van der Waals surface area contributed by atoms with E-state index in [1.54, 1.807) is 0 Å². The van der Waals surface area contributed by atoms with Gasteiger partial charge in [0, 0.05) is 0 Å². The van der Waals surface area contributed by atoms with Crippen LogP contribution in [0.25, 0.3) is 0 Å². The Bertz CT molecular complexity index is 353. The molecule has 0 saturated carbocycles. The molecule has 84 valence electrons. The Hall–Kier alpha value is -1.42. The monoisotopic (exact) mass is 230 g/mol. The van der Waals surface area contributed by atoms with Crippen molar-refractivity contribution in [3.8, 4) is 5.75 Å². The molecule has 0 unspecified atom stereocenters. The summed E-state index contributed by atoms with van der Waals surface area (Å²) in [5, 5.41) is 11.1. The molecule has 0 aromatic heterocycles. The second-order valence-electron chi connectivity index (χ2n) is 3.15. The summed E-state index contributed by atoms with van der Waals surface area (Å²) in [6.07, 6.45) is 0. The summed E-state index contributed by atoms with van der Waals surface area (Å²) in [5.41, 5.74) is 7.49. The highest BCUT2D eigenvalue weighted by Crippen LogP contribution is 2.18. The number of rotatable bonds is 3. The van der Waals surface area contributed by atoms with Gasteiger partial charge in [0.15, 0.2) is 5.84 Å². The van der Waals surface area contributed by atoms with Crippen LogP contribution in [0.3, 0.4) is 0 Å². The van der Waals surface area contributed by atoms with Crippen molar-refractivity contribution >= 4 is 18.2 Å². The minimum atomic E-state index is 0. The van der Waals surface area contributed by atoms with Crippen molar-refractivity contribution in [1.29, 1.82) is 0 Å². The molecule has 0 spiro atoms. The molecule has 0 aliphatic carbocycles. The third-order valence-electron chi connectivity index (χ3n) is 1.83. The molecule has 0 radical (unpaired) electrons. The number of ether oxygens (including phenoxy) is 1. The van der Waals surface area contributed by atoms with Gasteiger partial charge in [0.05, 0.1) is 0 Å². The van der Waals surface area contributed by atoms with Crippen molar-refractivity contribution in [1.82, 2.24) is 0 Å². The molecular weight excluding hydrogens is 216 g/mol. The van der Waals surface area contributed by atoms with Crippen LogP contribution in [0.1, 0.15) is 11.1 Å². The lowest BCUT2D eigenvalue weighted by Gasteiger charge is -2.08. The van der Waals surface area contributed by atoms with Crippen molar-refractivity contribution in [2.24, 2.45) is 10.9 Å². The zero-order valence-electron chi connectivity index (χ0n) is 8.73. The first-order valence-electron chi connectivity index (χ1n) is 4.30. The van der Waals surface area contributed by atoms with Gasteiger partial charge < -0.3 is 15.7 Å². The Balaban J connectivity index is 0.00000196. The second-order valence-corrected chi connectivity index (χ2v) is 3.15. The normalized spacial score (nSPS) is 10.7. The molecule has 0 atom stereocenters. The van der Waals surface area contributed by atoms with E-state index in [2.05, 4.69) is 5.16 Å². The number of hydrogen-bond acceptors (Lipinski definition) is 3. The van der Waals surface area contributed by atoms with Crippen molar-refractivity contribution in [3.63, 3.8) is 0 Å². The fourth-order valence-electron chi connectivity index (χ4n) is 1.14. The van der Waals surface area contributed by atoms with Gasteiger partial charge in [-0.2, -0.15) is 0 Å². The van der Waals surface area contributed by atoms with Gasteiger partial charge in [0.2, 0.25) is 0 Å². The number of halogens is 1. The summed E-state index contributed by atoms with van der Waals surface area (Å²) >= 11 is 0. The molecule has 0 fully saturated rings. The maximum atomic E-state index is 8.31. The molecule has 1 rings (SSSR count). The highest BCUT2D eigenvalue weighted by molar-refractivity contribution is 5.85. The molecule has 1 aromatic carbocycles. The van der Waals surface area contributed by atoms with Crippen LogP contribution in [-0.2, 0) is 0 Å². The van der Waals surface area contributed by atoms with Gasteiger partial charge in [-0.3, -0.25) is 0 Å². The van der Waals surface area contributed by atoms with Crippen LogP contribution in [0.4, 0.5) is 0 Å². The summed E-state index contributed by atoms with van der Waals surface area (Å²) in [5.74, 6) is 0.812. The molecule has 5 heteroatoms. The van der Waals surface area contributed by atoms with Gasteiger partial charge in [0.25, 0.3) is 0 Å². The van der Waals surface area contributed by atoms with Gasteiger partial charge in [0.1, 0.15) is 12.4 Å². The van der Waals surface area contributed by atoms with Crippen molar-refractivity contribution in [2.45, 2.75) is 13.8 Å². The average molecular weight is 231 g/mol. The van der Waals surface area contributed by atoms with Gasteiger partial charge in [-0.05, 0) is 25.5 Å². The van der Waals surface area contributed by atoms with Crippen LogP contribution in [0.15, 0.2) is 23.4 Å². The summed E-state index contributed by atoms with van der Waals surface area (Å²) < 4.78 is 5.33. The third-order valence-corrected chi connectivity index (χ3v) is 1.83. The third kappa shape index (κ3) is 4.08. The van der Waals surface area contributed by atoms with E-state index < -0.39 is 0 Å². The standard InChI is InChI=1S/C10H14N2O2.ClH/c1-7-3-4-9(8(2)5-7)14-6-10(11)12-13;/h3-5,13H,6H2,1-2H3,(H2,11,12);1H. The van der Waals surface area contributed by atoms with Crippen LogP contribution in [0.2, 0.25) is 0 Å². The number of aryl methyl sites for hydroxylation is 2. The topological polar surface area (TPSA) is 67.8 Å². The predicted octanol–water partition coefficient (Wildman–Crippen LogP) is 1.85. The highest BCUT2D eigenvalue weighted by atomic mass is 35.5. The molecule has 0 aliphatic rings. The smallest absolute Gasteiger partial charge is 0.177 e. The lowest BCUT2D eigenvalue weighted by Crippen LogP contribution is -2.21. The van der Waals surface area contributed by atoms with E-state index in [-0.39, 0.29) is 24.8 Å². The number of hydrogen-bond donors (Lipinski definition) is 2. The van der Waals surface area contributed by atoms with E-state index in [0.29, 0.717) is 0 Å². The van der Waals surface area contributed by atoms with E-state index in [4.69, 9.17) is 15.7 Å². The van der Waals surface area contributed by atoms with Crippen molar-refractivity contribution in [2.75, 3.05) is 6.61 Å². The highest BCUT2D eigenvalue weighted by Gasteiger charge is 2.00. The zero-order valence-corrected chi connectivity index (χ0v) is 9.54. The number of oxime groups is 1. The minimum absolute atomic E-state index is 0. The molecule has 0 saturated heterocycles. The summed E-state index contributed by atoms with van der Waals surface area (Å²) in [7, 11) is 0. The number of nitrogens with two attached hydrogens (primary N) is 1. The van der Waals surface area contributed by atoms with E-state index in [9.17, 15) is 0 Å². The Morgan fingerprint density at radius 1 is 1.47 bits per heavy atom. The molecule has 0 amide bonds. The molecule has 0 aliphatic heterocycles. The molecule has 1 aromatic rings. The molecule has 15 heavy (non-hydrogen) atoms. The Labute approximate surface area is 95.1 Å². The van der Waals surface area contributed by atoms with Crippen LogP contribution >= 0.6 is 12.4 Å². The van der Waals surface area contributed by atoms with Gasteiger partial charge >= 0.3 is 0 Å². The van der Waals surface area contributed by atoms with Gasteiger partial charge in [-0.25, -0.2) is 0 Å². The van der Waals surface area contributed by atoms with E-state index in [1.807, 2.05) is 32.0 Å². The van der Waals surface area contributed by atoms with Crippen LogP contribution in [-0.4, -0.2) is 17.6 Å². The van der Waals surface area contributed by atoms with Crippen molar-refractivity contribution in [3.05, 3.63) is 29.3 Å². The Morgan fingerprint density at radius 3 is 2.67 bits per heavy atom. The fraction of sp³-hybridized carbons (Fsp3) is 0.300. The maximum absolute atomic E-state index is 8.31. The molecule has 0 bridgehead atoms. The Morgan fingerprint density at radius 2 is 2.13 bits per heavy atom. The first-order chi connectivity index (χ1) is 6.63. The van der Waals surface area contributed by atoms with Crippen LogP contribution < -0.4 is 10.5 Å². The first-order valence-corrected chi connectivity index (χ1v) is 4.30. The average Bonchev–Trinajstić information content (AvgIpc) is 2.16. The predicted molar refractivity (Wildman–Crippen MR) is 62.1 cm³/mol. The summed E-state index contributed by atoms with van der Waals surface area (Å²) in [4.78, 5) is 0. The lowest BCUT2D eigenvalue weighted by molar-refractivity contribution is 0.306.